The molecule has 0 spiro atoms. The Labute approximate surface area is 165 Å². The molecule has 0 aliphatic carbocycles. The number of quaternary nitrogens is 1. The summed E-state index contributed by atoms with van der Waals surface area (Å²) in [6, 6.07) is 15.1. The van der Waals surface area contributed by atoms with Gasteiger partial charge < -0.3 is 10.1 Å². The third-order valence-electron chi connectivity index (χ3n) is 5.01. The maximum atomic E-state index is 12.7. The SMILES string of the molecule is CCOC(=O)[N+]1(c2ccccn2)CCN(CCC(=O)Nc2ccccc2)CC1. The number of hydrogen-bond acceptors (Lipinski definition) is 5. The molecule has 1 aliphatic rings. The minimum atomic E-state index is -0.261. The molecule has 2 heterocycles. The summed E-state index contributed by atoms with van der Waals surface area (Å²) in [7, 11) is 0. The standard InChI is InChI=1S/C21H26N4O3/c1-2-28-21(27)25(19-10-6-7-12-22-19)16-14-24(15-17-25)13-11-20(26)23-18-8-4-3-5-9-18/h3-10,12H,2,11,13-17H2,1H3/p+1. The first-order valence-corrected chi connectivity index (χ1v) is 9.67. The van der Waals surface area contributed by atoms with Crippen LogP contribution in [0.15, 0.2) is 54.7 Å². The molecule has 0 radical (unpaired) electrons. The van der Waals surface area contributed by atoms with Crippen molar-refractivity contribution in [2.24, 2.45) is 0 Å². The van der Waals surface area contributed by atoms with Crippen LogP contribution in [0.2, 0.25) is 0 Å². The molecule has 2 amide bonds. The highest BCUT2D eigenvalue weighted by molar-refractivity contribution is 5.90. The highest BCUT2D eigenvalue weighted by Gasteiger charge is 2.45. The summed E-state index contributed by atoms with van der Waals surface area (Å²) in [6.07, 6.45) is 1.86. The zero-order valence-corrected chi connectivity index (χ0v) is 16.2. The van der Waals surface area contributed by atoms with E-state index in [4.69, 9.17) is 4.74 Å². The van der Waals surface area contributed by atoms with Gasteiger partial charge in [-0.2, -0.15) is 9.28 Å². The number of nitrogens with one attached hydrogen (secondary N) is 1. The van der Waals surface area contributed by atoms with E-state index in [0.717, 1.165) is 5.69 Å². The average molecular weight is 383 g/mol. The fourth-order valence-corrected chi connectivity index (χ4v) is 3.44. The third kappa shape index (κ3) is 4.74. The predicted octanol–water partition coefficient (Wildman–Crippen LogP) is 2.89. The first kappa shape index (κ1) is 20.0. The van der Waals surface area contributed by atoms with Crippen LogP contribution < -0.4 is 9.80 Å². The molecule has 0 saturated carbocycles. The molecule has 1 aromatic heterocycles. The fraction of sp³-hybridized carbons (Fsp3) is 0.381. The molecule has 3 rings (SSSR count). The van der Waals surface area contributed by atoms with Gasteiger partial charge in [0.15, 0.2) is 0 Å². The van der Waals surface area contributed by atoms with Gasteiger partial charge in [-0.05, 0) is 25.1 Å². The average Bonchev–Trinajstić information content (AvgIpc) is 2.74. The van der Waals surface area contributed by atoms with Crippen molar-refractivity contribution < 1.29 is 14.3 Å². The minimum Gasteiger partial charge on any atom is -0.420 e. The number of rotatable bonds is 6. The highest BCUT2D eigenvalue weighted by Crippen LogP contribution is 2.25. The maximum Gasteiger partial charge on any atom is 0.522 e. The Kier molecular flexibility index (Phi) is 6.73. The van der Waals surface area contributed by atoms with Gasteiger partial charge in [0.1, 0.15) is 13.1 Å². The van der Waals surface area contributed by atoms with Gasteiger partial charge in [0, 0.05) is 44.0 Å². The van der Waals surface area contributed by atoms with E-state index in [1.54, 1.807) is 6.20 Å². The lowest BCUT2D eigenvalue weighted by Crippen LogP contribution is -2.64. The maximum absolute atomic E-state index is 12.7. The second-order valence-corrected chi connectivity index (χ2v) is 6.81. The van der Waals surface area contributed by atoms with Gasteiger partial charge in [0.25, 0.3) is 0 Å². The van der Waals surface area contributed by atoms with Gasteiger partial charge in [0.05, 0.1) is 6.61 Å². The number of aromatic nitrogens is 1. The smallest absolute Gasteiger partial charge is 0.420 e. The Balaban J connectivity index is 1.57. The number of pyridine rings is 1. The van der Waals surface area contributed by atoms with Crippen LogP contribution >= 0.6 is 0 Å². The van der Waals surface area contributed by atoms with Crippen LogP contribution in [0.3, 0.4) is 0 Å². The molecule has 7 heteroatoms. The Morgan fingerprint density at radius 1 is 1.11 bits per heavy atom. The number of benzene rings is 1. The van der Waals surface area contributed by atoms with E-state index in [0.29, 0.717) is 51.6 Å². The van der Waals surface area contributed by atoms with Gasteiger partial charge in [-0.25, -0.2) is 4.98 Å². The van der Waals surface area contributed by atoms with Crippen molar-refractivity contribution in [3.05, 3.63) is 54.7 Å². The Morgan fingerprint density at radius 2 is 1.82 bits per heavy atom. The summed E-state index contributed by atoms with van der Waals surface area (Å²) >= 11 is 0. The number of ether oxygens (including phenoxy) is 1. The number of hydrogen-bond donors (Lipinski definition) is 1. The number of carbonyl (C=O) groups excluding carboxylic acids is 2. The van der Waals surface area contributed by atoms with Crippen molar-refractivity contribution in [1.29, 1.82) is 0 Å². The van der Waals surface area contributed by atoms with Crippen molar-refractivity contribution >= 4 is 23.5 Å². The Hall–Kier alpha value is -2.77. The van der Waals surface area contributed by atoms with Gasteiger partial charge in [-0.3, -0.25) is 9.69 Å². The molecule has 1 fully saturated rings. The molecule has 148 valence electrons. The van der Waals surface area contributed by atoms with E-state index in [9.17, 15) is 9.59 Å². The molecule has 0 atom stereocenters. The van der Waals surface area contributed by atoms with Crippen molar-refractivity contribution in [3.63, 3.8) is 0 Å². The number of para-hydroxylation sites is 1. The largest absolute Gasteiger partial charge is 0.522 e. The molecular formula is C21H27N4O3+. The summed E-state index contributed by atoms with van der Waals surface area (Å²) in [6.45, 7) is 5.38. The highest BCUT2D eigenvalue weighted by atomic mass is 16.6. The molecule has 1 aliphatic heterocycles. The molecule has 7 nitrogen and oxygen atoms in total. The molecule has 0 unspecified atom stereocenters. The summed E-state index contributed by atoms with van der Waals surface area (Å²) in [5.41, 5.74) is 0.805. The Morgan fingerprint density at radius 3 is 2.46 bits per heavy atom. The van der Waals surface area contributed by atoms with Crippen LogP contribution in [0.1, 0.15) is 13.3 Å². The van der Waals surface area contributed by atoms with Crippen LogP contribution in [0, 0.1) is 0 Å². The first-order valence-electron chi connectivity index (χ1n) is 9.67. The zero-order valence-electron chi connectivity index (χ0n) is 16.2. The lowest BCUT2D eigenvalue weighted by molar-refractivity contribution is -0.116. The van der Waals surface area contributed by atoms with Gasteiger partial charge in [-0.15, -0.1) is 0 Å². The van der Waals surface area contributed by atoms with Crippen molar-refractivity contribution in [2.75, 3.05) is 44.6 Å². The quantitative estimate of drug-likeness (QED) is 0.777. The lowest BCUT2D eigenvalue weighted by Gasteiger charge is -2.39. The van der Waals surface area contributed by atoms with Crippen molar-refractivity contribution in [3.8, 4) is 0 Å². The fourth-order valence-electron chi connectivity index (χ4n) is 3.44. The topological polar surface area (TPSA) is 71.5 Å². The monoisotopic (exact) mass is 383 g/mol. The number of anilines is 1. The predicted molar refractivity (Wildman–Crippen MR) is 109 cm³/mol. The molecule has 0 bridgehead atoms. The van der Waals surface area contributed by atoms with Gasteiger partial charge >= 0.3 is 6.09 Å². The van der Waals surface area contributed by atoms with Gasteiger partial charge in [-0.1, -0.05) is 24.3 Å². The minimum absolute atomic E-state index is 0.00681. The first-order chi connectivity index (χ1) is 13.6. The van der Waals surface area contributed by atoms with Crippen molar-refractivity contribution in [1.82, 2.24) is 14.4 Å². The molecule has 1 N–H and O–H groups in total. The van der Waals surface area contributed by atoms with E-state index in [1.165, 1.54) is 0 Å². The third-order valence-corrected chi connectivity index (χ3v) is 5.01. The number of piperazine rings is 1. The summed E-state index contributed by atoms with van der Waals surface area (Å²) < 4.78 is 5.45. The van der Waals surface area contributed by atoms with Crippen LogP contribution in [-0.4, -0.2) is 61.2 Å². The van der Waals surface area contributed by atoms with Crippen molar-refractivity contribution in [2.45, 2.75) is 13.3 Å². The summed E-state index contributed by atoms with van der Waals surface area (Å²) in [5, 5.41) is 2.90. The molecule has 2 aromatic rings. The second kappa shape index (κ2) is 9.43. The van der Waals surface area contributed by atoms with Crippen LogP contribution in [-0.2, 0) is 9.53 Å². The molecular weight excluding hydrogens is 356 g/mol. The molecule has 1 saturated heterocycles. The van der Waals surface area contributed by atoms with Crippen LogP contribution in [0.25, 0.3) is 0 Å². The normalized spacial score (nSPS) is 16.3. The zero-order chi connectivity index (χ0) is 19.8. The van der Waals surface area contributed by atoms with Gasteiger partial charge in [0.2, 0.25) is 11.7 Å². The van der Waals surface area contributed by atoms with Crippen LogP contribution in [0.4, 0.5) is 16.3 Å². The van der Waals surface area contributed by atoms with E-state index in [1.807, 2.05) is 55.5 Å². The Bertz CT molecular complexity index is 775. The van der Waals surface area contributed by atoms with E-state index < -0.39 is 0 Å². The second-order valence-electron chi connectivity index (χ2n) is 6.81. The summed E-state index contributed by atoms with van der Waals surface area (Å²) in [5.74, 6) is 0.704. The van der Waals surface area contributed by atoms with E-state index in [-0.39, 0.29) is 16.5 Å². The molecule has 28 heavy (non-hydrogen) atoms. The summed E-state index contributed by atoms with van der Waals surface area (Å²) in [4.78, 5) is 31.5. The number of amides is 2. The molecule has 1 aromatic carbocycles. The number of nitrogens with zero attached hydrogens (tertiary/aromatic N) is 3. The lowest BCUT2D eigenvalue weighted by atomic mass is 10.2. The number of carbonyl (C=O) groups is 2. The van der Waals surface area contributed by atoms with Crippen LogP contribution in [0.5, 0.6) is 0 Å². The van der Waals surface area contributed by atoms with E-state index >= 15 is 0 Å². The van der Waals surface area contributed by atoms with E-state index in [2.05, 4.69) is 15.2 Å².